The fourth-order valence-corrected chi connectivity index (χ4v) is 1.60. The maximum Gasteiger partial charge on any atom is 0.374 e. The lowest BCUT2D eigenvalue weighted by Gasteiger charge is -2.12. The Morgan fingerprint density at radius 2 is 2.00 bits per heavy atom. The topological polar surface area (TPSA) is 68.5 Å². The third-order valence-corrected chi connectivity index (χ3v) is 2.76. The normalized spacial score (nSPS) is 11.7. The van der Waals surface area contributed by atoms with E-state index < -0.39 is 18.0 Å². The summed E-state index contributed by atoms with van der Waals surface area (Å²) >= 11 is 0. The molecule has 0 aliphatic rings. The molecule has 0 bridgehead atoms. The summed E-state index contributed by atoms with van der Waals surface area (Å²) in [4.78, 5) is 23.4. The second kappa shape index (κ2) is 6.69. The van der Waals surface area contributed by atoms with Crippen LogP contribution in [0.5, 0.6) is 0 Å². The van der Waals surface area contributed by atoms with E-state index in [1.807, 2.05) is 0 Å². The number of nitrogens with one attached hydrogen (secondary N) is 1. The van der Waals surface area contributed by atoms with Gasteiger partial charge in [0.2, 0.25) is 5.76 Å². The van der Waals surface area contributed by atoms with E-state index in [1.54, 1.807) is 18.2 Å². The molecule has 0 unspecified atom stereocenters. The number of amides is 1. The number of ether oxygens (including phenoxy) is 1. The van der Waals surface area contributed by atoms with Crippen LogP contribution in [0.2, 0.25) is 0 Å². The van der Waals surface area contributed by atoms with Crippen molar-refractivity contribution in [3.05, 3.63) is 59.8 Å². The Labute approximate surface area is 120 Å². The van der Waals surface area contributed by atoms with Crippen LogP contribution in [0.1, 0.15) is 23.0 Å². The maximum absolute atomic E-state index is 12.7. The monoisotopic (exact) mass is 291 g/mol. The Balaban J connectivity index is 1.82. The number of furan rings is 1. The van der Waals surface area contributed by atoms with Gasteiger partial charge in [0.1, 0.15) is 5.82 Å². The molecular weight excluding hydrogens is 277 g/mol. The van der Waals surface area contributed by atoms with Crippen LogP contribution in [0, 0.1) is 5.82 Å². The molecule has 0 aliphatic heterocycles. The van der Waals surface area contributed by atoms with E-state index >= 15 is 0 Å². The fourth-order valence-electron chi connectivity index (χ4n) is 1.60. The summed E-state index contributed by atoms with van der Waals surface area (Å²) in [5.41, 5.74) is 0.745. The van der Waals surface area contributed by atoms with Gasteiger partial charge in [0.25, 0.3) is 5.91 Å². The molecule has 1 amide bonds. The van der Waals surface area contributed by atoms with Crippen molar-refractivity contribution >= 4 is 11.9 Å². The van der Waals surface area contributed by atoms with E-state index in [2.05, 4.69) is 5.32 Å². The molecule has 1 N–H and O–H groups in total. The van der Waals surface area contributed by atoms with Crippen molar-refractivity contribution in [2.24, 2.45) is 0 Å². The Bertz CT molecular complexity index is 607. The second-order valence-electron chi connectivity index (χ2n) is 4.37. The highest BCUT2D eigenvalue weighted by atomic mass is 19.1. The second-order valence-corrected chi connectivity index (χ2v) is 4.37. The van der Waals surface area contributed by atoms with Gasteiger partial charge in [-0.25, -0.2) is 9.18 Å². The molecule has 0 saturated carbocycles. The van der Waals surface area contributed by atoms with Gasteiger partial charge in [-0.2, -0.15) is 0 Å². The summed E-state index contributed by atoms with van der Waals surface area (Å²) in [6, 6.07) is 8.75. The Morgan fingerprint density at radius 1 is 1.29 bits per heavy atom. The Hall–Kier alpha value is -2.63. The average molecular weight is 291 g/mol. The van der Waals surface area contributed by atoms with Crippen molar-refractivity contribution < 1.29 is 23.1 Å². The number of benzene rings is 1. The summed E-state index contributed by atoms with van der Waals surface area (Å²) in [6.07, 6.45) is 0.388. The summed E-state index contributed by atoms with van der Waals surface area (Å²) in [5.74, 6) is -1.46. The molecule has 0 saturated heterocycles. The molecule has 0 fully saturated rings. The van der Waals surface area contributed by atoms with Gasteiger partial charge >= 0.3 is 5.97 Å². The quantitative estimate of drug-likeness (QED) is 0.858. The van der Waals surface area contributed by atoms with Crippen molar-refractivity contribution in [3.8, 4) is 0 Å². The van der Waals surface area contributed by atoms with Crippen molar-refractivity contribution in [2.45, 2.75) is 19.6 Å². The van der Waals surface area contributed by atoms with E-state index in [0.29, 0.717) is 0 Å². The van der Waals surface area contributed by atoms with Gasteiger partial charge in [-0.1, -0.05) is 12.1 Å². The van der Waals surface area contributed by atoms with Crippen molar-refractivity contribution in [1.82, 2.24) is 5.32 Å². The van der Waals surface area contributed by atoms with Gasteiger partial charge in [-0.05, 0) is 36.8 Å². The first-order chi connectivity index (χ1) is 10.1. The number of carbonyl (C=O) groups is 2. The smallest absolute Gasteiger partial charge is 0.374 e. The molecule has 1 heterocycles. The molecule has 2 rings (SSSR count). The highest BCUT2D eigenvalue weighted by Crippen LogP contribution is 2.06. The highest BCUT2D eigenvalue weighted by Gasteiger charge is 2.20. The molecule has 110 valence electrons. The fraction of sp³-hybridized carbons (Fsp3) is 0.200. The number of esters is 1. The van der Waals surface area contributed by atoms with Crippen LogP contribution >= 0.6 is 0 Å². The Kier molecular flexibility index (Phi) is 4.71. The van der Waals surface area contributed by atoms with Crippen LogP contribution in [-0.2, 0) is 16.1 Å². The van der Waals surface area contributed by atoms with Crippen LogP contribution < -0.4 is 5.32 Å². The first-order valence-electron chi connectivity index (χ1n) is 6.33. The van der Waals surface area contributed by atoms with Gasteiger partial charge in [0.15, 0.2) is 6.10 Å². The summed E-state index contributed by atoms with van der Waals surface area (Å²) in [5, 5.41) is 2.60. The third-order valence-electron chi connectivity index (χ3n) is 2.76. The lowest BCUT2D eigenvalue weighted by atomic mass is 10.2. The van der Waals surface area contributed by atoms with Crippen LogP contribution in [0.25, 0.3) is 0 Å². The largest absolute Gasteiger partial charge is 0.457 e. The minimum absolute atomic E-state index is 0.0354. The lowest BCUT2D eigenvalue weighted by Crippen LogP contribution is -2.35. The minimum atomic E-state index is -0.956. The number of halogens is 1. The number of rotatable bonds is 5. The predicted molar refractivity (Wildman–Crippen MR) is 71.8 cm³/mol. The number of hydrogen-bond acceptors (Lipinski definition) is 4. The van der Waals surface area contributed by atoms with Gasteiger partial charge < -0.3 is 14.5 Å². The molecule has 0 aliphatic carbocycles. The summed E-state index contributed by atoms with van der Waals surface area (Å²) in [7, 11) is 0. The van der Waals surface area contributed by atoms with Gasteiger partial charge in [0.05, 0.1) is 6.26 Å². The van der Waals surface area contributed by atoms with Gasteiger partial charge in [-0.15, -0.1) is 0 Å². The molecule has 0 spiro atoms. The standard InChI is InChI=1S/C15H14FNO4/c1-10(21-15(19)13-3-2-8-20-13)14(18)17-9-11-4-6-12(16)7-5-11/h2-8,10H,9H2,1H3,(H,17,18)/t10-/m1/s1. The molecule has 1 aromatic heterocycles. The molecule has 21 heavy (non-hydrogen) atoms. The zero-order valence-electron chi connectivity index (χ0n) is 11.3. The minimum Gasteiger partial charge on any atom is -0.457 e. The zero-order chi connectivity index (χ0) is 15.2. The van der Waals surface area contributed by atoms with Crippen molar-refractivity contribution in [2.75, 3.05) is 0 Å². The van der Waals surface area contributed by atoms with E-state index in [0.717, 1.165) is 5.56 Å². The number of carbonyl (C=O) groups excluding carboxylic acids is 2. The molecule has 2 aromatic rings. The van der Waals surface area contributed by atoms with E-state index in [4.69, 9.17) is 9.15 Å². The number of hydrogen-bond donors (Lipinski definition) is 1. The molecule has 1 atom stereocenters. The molecule has 1 aromatic carbocycles. The zero-order valence-corrected chi connectivity index (χ0v) is 11.3. The third kappa shape index (κ3) is 4.17. The van der Waals surface area contributed by atoms with Gasteiger partial charge in [-0.3, -0.25) is 4.79 Å². The van der Waals surface area contributed by atoms with Crippen LogP contribution in [-0.4, -0.2) is 18.0 Å². The molecular formula is C15H14FNO4. The molecule has 5 nitrogen and oxygen atoms in total. The highest BCUT2D eigenvalue weighted by molar-refractivity contribution is 5.89. The maximum atomic E-state index is 12.7. The average Bonchev–Trinajstić information content (AvgIpc) is 3.00. The van der Waals surface area contributed by atoms with Crippen LogP contribution in [0.15, 0.2) is 47.1 Å². The van der Waals surface area contributed by atoms with E-state index in [-0.39, 0.29) is 18.1 Å². The van der Waals surface area contributed by atoms with E-state index in [9.17, 15) is 14.0 Å². The Morgan fingerprint density at radius 3 is 2.62 bits per heavy atom. The van der Waals surface area contributed by atoms with Crippen LogP contribution in [0.4, 0.5) is 4.39 Å². The lowest BCUT2D eigenvalue weighted by molar-refractivity contribution is -0.129. The molecule has 0 radical (unpaired) electrons. The summed E-state index contributed by atoms with van der Waals surface area (Å²) < 4.78 is 22.6. The predicted octanol–water partition coefficient (Wildman–Crippen LogP) is 2.28. The van der Waals surface area contributed by atoms with E-state index in [1.165, 1.54) is 31.4 Å². The van der Waals surface area contributed by atoms with Gasteiger partial charge in [0, 0.05) is 6.54 Å². The van der Waals surface area contributed by atoms with Crippen LogP contribution in [0.3, 0.4) is 0 Å². The first-order valence-corrected chi connectivity index (χ1v) is 6.33. The first kappa shape index (κ1) is 14.8. The summed E-state index contributed by atoms with van der Waals surface area (Å²) in [6.45, 7) is 1.68. The van der Waals surface area contributed by atoms with Crippen molar-refractivity contribution in [1.29, 1.82) is 0 Å². The SMILES string of the molecule is C[C@@H](OC(=O)c1ccco1)C(=O)NCc1ccc(F)cc1. The molecule has 6 heteroatoms. The van der Waals surface area contributed by atoms with Crippen molar-refractivity contribution in [3.63, 3.8) is 0 Å².